The fourth-order valence-corrected chi connectivity index (χ4v) is 4.25. The third kappa shape index (κ3) is 4.90. The number of likely N-dealkylation sites (tertiary alicyclic amines) is 1. The van der Waals surface area contributed by atoms with Crippen LogP contribution in [0.15, 0.2) is 54.6 Å². The molecule has 1 saturated heterocycles. The number of carbonyl (C=O) groups excluding carboxylic acids is 3. The van der Waals surface area contributed by atoms with Crippen LogP contribution in [-0.4, -0.2) is 40.6 Å². The number of ketones is 1. The van der Waals surface area contributed by atoms with E-state index in [1.165, 1.54) is 0 Å². The van der Waals surface area contributed by atoms with E-state index >= 15 is 0 Å². The van der Waals surface area contributed by atoms with Crippen molar-refractivity contribution in [2.45, 2.75) is 33.1 Å². The number of hydrogen-bond acceptors (Lipinski definition) is 3. The monoisotopic (exact) mass is 431 g/mol. The van der Waals surface area contributed by atoms with Crippen molar-refractivity contribution in [3.63, 3.8) is 0 Å². The molecule has 1 aliphatic rings. The molecular formula is C26H29N3O3. The molecule has 1 atom stereocenters. The summed E-state index contributed by atoms with van der Waals surface area (Å²) in [4.78, 5) is 42.5. The first-order chi connectivity index (χ1) is 15.4. The van der Waals surface area contributed by atoms with Crippen LogP contribution >= 0.6 is 0 Å². The standard InChI is InChI=1S/C26H29N3O3/c1-17(2)13-24(30)26(32)29-12-6-9-20(16-29)25(31)27-21-10-5-8-18(14-21)23-15-19-7-3-4-11-22(19)28-23/h3-5,7-8,10-11,14-15,17,20,28H,6,9,12-13,16H2,1-2H3,(H,27,31)/t20-/m0/s1. The number of Topliss-reactive ketones (excluding diaryl/α,β-unsaturated/α-hetero) is 1. The van der Waals surface area contributed by atoms with Gasteiger partial charge in [0.2, 0.25) is 11.7 Å². The van der Waals surface area contributed by atoms with Crippen molar-refractivity contribution in [1.29, 1.82) is 0 Å². The van der Waals surface area contributed by atoms with Gasteiger partial charge in [0.15, 0.2) is 0 Å². The third-order valence-electron chi connectivity index (χ3n) is 5.88. The molecule has 1 aromatic heterocycles. The minimum absolute atomic E-state index is 0.118. The first-order valence-corrected chi connectivity index (χ1v) is 11.2. The Labute approximate surface area is 188 Å². The number of hydrogen-bond donors (Lipinski definition) is 2. The fourth-order valence-electron chi connectivity index (χ4n) is 4.25. The lowest BCUT2D eigenvalue weighted by atomic mass is 9.96. The summed E-state index contributed by atoms with van der Waals surface area (Å²) in [7, 11) is 0. The summed E-state index contributed by atoms with van der Waals surface area (Å²) in [5.41, 5.74) is 3.75. The SMILES string of the molecule is CC(C)CC(=O)C(=O)N1CCC[C@H](C(=O)Nc2cccc(-c3cc4ccccc4[nH]3)c2)C1. The molecule has 4 rings (SSSR count). The number of benzene rings is 2. The van der Waals surface area contributed by atoms with Crippen molar-refractivity contribution < 1.29 is 14.4 Å². The van der Waals surface area contributed by atoms with Crippen LogP contribution in [0.2, 0.25) is 0 Å². The molecule has 0 unspecified atom stereocenters. The molecule has 0 spiro atoms. The molecule has 2 N–H and O–H groups in total. The molecular weight excluding hydrogens is 402 g/mol. The van der Waals surface area contributed by atoms with Gasteiger partial charge in [-0.05, 0) is 43.0 Å². The highest BCUT2D eigenvalue weighted by atomic mass is 16.2. The average Bonchev–Trinajstić information content (AvgIpc) is 3.23. The number of piperidine rings is 1. The summed E-state index contributed by atoms with van der Waals surface area (Å²) in [6.07, 6.45) is 1.66. The number of nitrogens with one attached hydrogen (secondary N) is 2. The smallest absolute Gasteiger partial charge is 0.289 e. The van der Waals surface area contributed by atoms with Crippen molar-refractivity contribution in [3.8, 4) is 11.3 Å². The summed E-state index contributed by atoms with van der Waals surface area (Å²) in [6.45, 7) is 4.65. The van der Waals surface area contributed by atoms with Crippen LogP contribution in [0.1, 0.15) is 33.1 Å². The Morgan fingerprint density at radius 2 is 1.91 bits per heavy atom. The number of fused-ring (bicyclic) bond motifs is 1. The maximum Gasteiger partial charge on any atom is 0.289 e. The summed E-state index contributed by atoms with van der Waals surface area (Å²) in [6, 6.07) is 17.9. The van der Waals surface area contributed by atoms with E-state index in [1.54, 1.807) is 4.90 Å². The normalized spacial score (nSPS) is 16.3. The molecule has 166 valence electrons. The Bertz CT molecular complexity index is 1110. The van der Waals surface area contributed by atoms with E-state index in [4.69, 9.17) is 0 Å². The molecule has 32 heavy (non-hydrogen) atoms. The van der Waals surface area contributed by atoms with E-state index < -0.39 is 5.91 Å². The lowest BCUT2D eigenvalue weighted by Crippen LogP contribution is -2.46. The van der Waals surface area contributed by atoms with Gasteiger partial charge in [0.25, 0.3) is 5.91 Å². The molecule has 2 heterocycles. The van der Waals surface area contributed by atoms with Gasteiger partial charge in [-0.15, -0.1) is 0 Å². The maximum atomic E-state index is 12.9. The van der Waals surface area contributed by atoms with Crippen LogP contribution in [0.3, 0.4) is 0 Å². The van der Waals surface area contributed by atoms with Crippen LogP contribution < -0.4 is 5.32 Å². The molecule has 1 aliphatic heterocycles. The highest BCUT2D eigenvalue weighted by Gasteiger charge is 2.31. The molecule has 6 heteroatoms. The average molecular weight is 432 g/mol. The van der Waals surface area contributed by atoms with Crippen LogP contribution in [-0.2, 0) is 14.4 Å². The molecule has 3 aromatic rings. The number of carbonyl (C=O) groups is 3. The summed E-state index contributed by atoms with van der Waals surface area (Å²) < 4.78 is 0. The molecule has 0 aliphatic carbocycles. The Kier molecular flexibility index (Phi) is 6.40. The zero-order chi connectivity index (χ0) is 22.7. The molecule has 2 amide bonds. The number of para-hydroxylation sites is 1. The van der Waals surface area contributed by atoms with Crippen molar-refractivity contribution in [2.24, 2.45) is 11.8 Å². The largest absolute Gasteiger partial charge is 0.355 e. The predicted molar refractivity (Wildman–Crippen MR) is 126 cm³/mol. The number of anilines is 1. The Balaban J connectivity index is 1.43. The second kappa shape index (κ2) is 9.39. The second-order valence-corrected chi connectivity index (χ2v) is 8.95. The Morgan fingerprint density at radius 1 is 1.09 bits per heavy atom. The molecule has 2 aromatic carbocycles. The van der Waals surface area contributed by atoms with Gasteiger partial charge in [-0.2, -0.15) is 0 Å². The van der Waals surface area contributed by atoms with E-state index in [2.05, 4.69) is 22.4 Å². The lowest BCUT2D eigenvalue weighted by Gasteiger charge is -2.31. The van der Waals surface area contributed by atoms with Gasteiger partial charge in [0.05, 0.1) is 5.92 Å². The first kappa shape index (κ1) is 21.8. The minimum Gasteiger partial charge on any atom is -0.355 e. The number of aromatic amines is 1. The number of rotatable bonds is 6. The quantitative estimate of drug-likeness (QED) is 0.559. The first-order valence-electron chi connectivity index (χ1n) is 11.2. The van der Waals surface area contributed by atoms with E-state index in [0.29, 0.717) is 25.1 Å². The Morgan fingerprint density at radius 3 is 2.69 bits per heavy atom. The second-order valence-electron chi connectivity index (χ2n) is 8.95. The maximum absolute atomic E-state index is 12.9. The van der Waals surface area contributed by atoms with Crippen LogP contribution in [0.25, 0.3) is 22.2 Å². The number of amides is 2. The van der Waals surface area contributed by atoms with E-state index in [0.717, 1.165) is 22.2 Å². The zero-order valence-corrected chi connectivity index (χ0v) is 18.6. The molecule has 6 nitrogen and oxygen atoms in total. The number of aromatic nitrogens is 1. The van der Waals surface area contributed by atoms with Crippen molar-refractivity contribution in [2.75, 3.05) is 18.4 Å². The van der Waals surface area contributed by atoms with Gasteiger partial charge in [-0.25, -0.2) is 0 Å². The summed E-state index contributed by atoms with van der Waals surface area (Å²) in [5, 5.41) is 4.14. The van der Waals surface area contributed by atoms with Gasteiger partial charge in [-0.3, -0.25) is 14.4 Å². The van der Waals surface area contributed by atoms with Gasteiger partial charge in [-0.1, -0.05) is 44.2 Å². The fraction of sp³-hybridized carbons (Fsp3) is 0.346. The zero-order valence-electron chi connectivity index (χ0n) is 18.6. The topological polar surface area (TPSA) is 82.3 Å². The van der Waals surface area contributed by atoms with Gasteiger partial charge >= 0.3 is 0 Å². The van der Waals surface area contributed by atoms with Gasteiger partial charge in [0.1, 0.15) is 0 Å². The molecule has 1 fully saturated rings. The molecule has 0 saturated carbocycles. The lowest BCUT2D eigenvalue weighted by molar-refractivity contribution is -0.146. The van der Waals surface area contributed by atoms with E-state index in [1.807, 2.05) is 56.3 Å². The van der Waals surface area contributed by atoms with Crippen molar-refractivity contribution in [3.05, 3.63) is 54.6 Å². The highest BCUT2D eigenvalue weighted by Crippen LogP contribution is 2.27. The van der Waals surface area contributed by atoms with E-state index in [9.17, 15) is 14.4 Å². The third-order valence-corrected chi connectivity index (χ3v) is 5.88. The van der Waals surface area contributed by atoms with Crippen LogP contribution in [0, 0.1) is 11.8 Å². The van der Waals surface area contributed by atoms with Crippen LogP contribution in [0.4, 0.5) is 5.69 Å². The number of nitrogens with zero attached hydrogens (tertiary/aromatic N) is 1. The molecule has 0 radical (unpaired) electrons. The van der Waals surface area contributed by atoms with Crippen LogP contribution in [0.5, 0.6) is 0 Å². The van der Waals surface area contributed by atoms with Gasteiger partial charge in [0, 0.05) is 47.4 Å². The predicted octanol–water partition coefficient (Wildman–Crippen LogP) is 4.63. The van der Waals surface area contributed by atoms with Crippen molar-refractivity contribution >= 4 is 34.2 Å². The van der Waals surface area contributed by atoms with Gasteiger partial charge < -0.3 is 15.2 Å². The molecule has 0 bridgehead atoms. The Hall–Kier alpha value is -3.41. The van der Waals surface area contributed by atoms with Crippen molar-refractivity contribution in [1.82, 2.24) is 9.88 Å². The highest BCUT2D eigenvalue weighted by molar-refractivity contribution is 6.36. The minimum atomic E-state index is -0.461. The summed E-state index contributed by atoms with van der Waals surface area (Å²) >= 11 is 0. The summed E-state index contributed by atoms with van der Waals surface area (Å²) in [5.74, 6) is -1.13. The van der Waals surface area contributed by atoms with E-state index in [-0.39, 0.29) is 36.5 Å². The number of H-pyrrole nitrogens is 1.